The Labute approximate surface area is 112 Å². The Balaban J connectivity index is 2.02. The predicted molar refractivity (Wildman–Crippen MR) is 77.4 cm³/mol. The number of benzene rings is 1. The summed E-state index contributed by atoms with van der Waals surface area (Å²) in [5.74, 6) is 0.934. The largest absolute Gasteiger partial charge is 0.494 e. The Morgan fingerprint density at radius 3 is 2.94 bits per heavy atom. The number of hydrogen-bond acceptors (Lipinski definition) is 4. The summed E-state index contributed by atoms with van der Waals surface area (Å²) >= 11 is 1.77. The van der Waals surface area contributed by atoms with Crippen molar-refractivity contribution in [1.82, 2.24) is 4.98 Å². The second-order valence-corrected chi connectivity index (χ2v) is 5.38. The van der Waals surface area contributed by atoms with E-state index in [9.17, 15) is 0 Å². The van der Waals surface area contributed by atoms with E-state index in [0.29, 0.717) is 6.61 Å². The van der Waals surface area contributed by atoms with Crippen LogP contribution in [-0.4, -0.2) is 18.1 Å². The van der Waals surface area contributed by atoms with Crippen LogP contribution < -0.4 is 10.5 Å². The van der Waals surface area contributed by atoms with Gasteiger partial charge in [-0.3, -0.25) is 0 Å². The van der Waals surface area contributed by atoms with Crippen molar-refractivity contribution in [3.05, 3.63) is 23.2 Å². The molecular weight excluding hydrogens is 244 g/mol. The first-order chi connectivity index (χ1) is 8.83. The van der Waals surface area contributed by atoms with Gasteiger partial charge in [0.15, 0.2) is 0 Å². The number of ether oxygens (including phenoxy) is 1. The summed E-state index contributed by atoms with van der Waals surface area (Å²) in [5, 5.41) is 1.22. The smallest absolute Gasteiger partial charge is 0.120 e. The van der Waals surface area contributed by atoms with Crippen LogP contribution in [-0.2, 0) is 6.42 Å². The molecule has 0 aliphatic carbocycles. The average molecular weight is 264 g/mol. The molecule has 0 atom stereocenters. The summed E-state index contributed by atoms with van der Waals surface area (Å²) < 4.78 is 6.72. The third kappa shape index (κ3) is 3.43. The Morgan fingerprint density at radius 2 is 2.17 bits per heavy atom. The van der Waals surface area contributed by atoms with Crippen molar-refractivity contribution in [1.29, 1.82) is 0 Å². The first kappa shape index (κ1) is 13.3. The number of aromatic nitrogens is 1. The highest BCUT2D eigenvalue weighted by atomic mass is 32.1. The van der Waals surface area contributed by atoms with Gasteiger partial charge >= 0.3 is 0 Å². The Morgan fingerprint density at radius 1 is 1.28 bits per heavy atom. The van der Waals surface area contributed by atoms with Crippen molar-refractivity contribution in [2.45, 2.75) is 32.6 Å². The fraction of sp³-hybridized carbons (Fsp3) is 0.500. The van der Waals surface area contributed by atoms with Gasteiger partial charge in [-0.25, -0.2) is 4.98 Å². The molecule has 0 fully saturated rings. The van der Waals surface area contributed by atoms with E-state index in [2.05, 4.69) is 11.1 Å². The minimum Gasteiger partial charge on any atom is -0.494 e. The van der Waals surface area contributed by atoms with Crippen molar-refractivity contribution < 1.29 is 4.74 Å². The lowest BCUT2D eigenvalue weighted by atomic mass is 10.2. The molecule has 18 heavy (non-hydrogen) atoms. The van der Waals surface area contributed by atoms with E-state index in [1.54, 1.807) is 11.3 Å². The molecule has 0 aliphatic heterocycles. The normalized spacial score (nSPS) is 11.0. The van der Waals surface area contributed by atoms with Gasteiger partial charge in [-0.2, -0.15) is 0 Å². The highest BCUT2D eigenvalue weighted by molar-refractivity contribution is 7.18. The zero-order chi connectivity index (χ0) is 12.8. The highest BCUT2D eigenvalue weighted by Crippen LogP contribution is 2.27. The van der Waals surface area contributed by atoms with Crippen molar-refractivity contribution in [2.75, 3.05) is 13.2 Å². The van der Waals surface area contributed by atoms with Gasteiger partial charge in [0.2, 0.25) is 0 Å². The van der Waals surface area contributed by atoms with E-state index in [0.717, 1.165) is 30.7 Å². The van der Waals surface area contributed by atoms with Crippen LogP contribution >= 0.6 is 11.3 Å². The molecule has 98 valence electrons. The lowest BCUT2D eigenvalue weighted by molar-refractivity contribution is 0.341. The van der Waals surface area contributed by atoms with Gasteiger partial charge < -0.3 is 10.5 Å². The first-order valence-electron chi connectivity index (χ1n) is 6.56. The number of nitrogens with two attached hydrogens (primary N) is 1. The van der Waals surface area contributed by atoms with Gasteiger partial charge in [0.25, 0.3) is 0 Å². The van der Waals surface area contributed by atoms with E-state index in [4.69, 9.17) is 10.5 Å². The fourth-order valence-corrected chi connectivity index (χ4v) is 2.95. The molecule has 0 saturated heterocycles. The maximum atomic E-state index is 5.50. The highest BCUT2D eigenvalue weighted by Gasteiger charge is 2.05. The molecule has 1 aromatic carbocycles. The van der Waals surface area contributed by atoms with Gasteiger partial charge in [-0.1, -0.05) is 6.42 Å². The number of fused-ring (bicyclic) bond motifs is 1. The van der Waals surface area contributed by atoms with Crippen LogP contribution in [0.3, 0.4) is 0 Å². The van der Waals surface area contributed by atoms with E-state index in [1.807, 2.05) is 19.1 Å². The van der Waals surface area contributed by atoms with Crippen LogP contribution in [0, 0.1) is 0 Å². The van der Waals surface area contributed by atoms with Crippen molar-refractivity contribution in [3.63, 3.8) is 0 Å². The number of aryl methyl sites for hydroxylation is 1. The number of unbranched alkanes of at least 4 members (excludes halogenated alkanes) is 2. The molecular formula is C14H20N2OS. The van der Waals surface area contributed by atoms with Crippen LogP contribution in [0.4, 0.5) is 0 Å². The molecule has 0 radical (unpaired) electrons. The number of hydrogen-bond donors (Lipinski definition) is 1. The monoisotopic (exact) mass is 264 g/mol. The van der Waals surface area contributed by atoms with Crippen molar-refractivity contribution in [3.8, 4) is 5.75 Å². The second kappa shape index (κ2) is 6.71. The maximum absolute atomic E-state index is 5.50. The van der Waals surface area contributed by atoms with Crippen molar-refractivity contribution in [2.24, 2.45) is 5.73 Å². The molecule has 2 aromatic rings. The van der Waals surface area contributed by atoms with E-state index in [1.165, 1.54) is 22.5 Å². The summed E-state index contributed by atoms with van der Waals surface area (Å²) in [4.78, 5) is 4.64. The molecule has 0 unspecified atom stereocenters. The third-order valence-electron chi connectivity index (χ3n) is 2.81. The van der Waals surface area contributed by atoms with Crippen LogP contribution in [0.25, 0.3) is 10.2 Å². The lowest BCUT2D eigenvalue weighted by Gasteiger charge is -2.00. The zero-order valence-electron chi connectivity index (χ0n) is 10.8. The molecule has 2 N–H and O–H groups in total. The molecule has 1 aromatic heterocycles. The minimum atomic E-state index is 0.705. The molecule has 0 bridgehead atoms. The topological polar surface area (TPSA) is 48.1 Å². The Hall–Kier alpha value is -1.13. The molecule has 0 spiro atoms. The van der Waals surface area contributed by atoms with Gasteiger partial charge in [0, 0.05) is 0 Å². The SMILES string of the molecule is CCOc1ccc2nc(CCCCCN)sc2c1. The molecule has 0 amide bonds. The molecule has 0 aliphatic rings. The second-order valence-electron chi connectivity index (χ2n) is 4.27. The summed E-state index contributed by atoms with van der Waals surface area (Å²) in [5.41, 5.74) is 6.57. The molecule has 4 heteroatoms. The zero-order valence-corrected chi connectivity index (χ0v) is 11.6. The van der Waals surface area contributed by atoms with Gasteiger partial charge in [0.1, 0.15) is 5.75 Å². The molecule has 2 rings (SSSR count). The van der Waals surface area contributed by atoms with Gasteiger partial charge in [-0.05, 0) is 50.9 Å². The van der Waals surface area contributed by atoms with E-state index in [-0.39, 0.29) is 0 Å². The molecule has 3 nitrogen and oxygen atoms in total. The quantitative estimate of drug-likeness (QED) is 0.780. The lowest BCUT2D eigenvalue weighted by Crippen LogP contribution is -1.98. The molecule has 1 heterocycles. The Bertz CT molecular complexity index is 495. The number of nitrogens with zero attached hydrogens (tertiary/aromatic N) is 1. The van der Waals surface area contributed by atoms with Crippen LogP contribution in [0.5, 0.6) is 5.75 Å². The van der Waals surface area contributed by atoms with E-state index < -0.39 is 0 Å². The van der Waals surface area contributed by atoms with Crippen LogP contribution in [0.2, 0.25) is 0 Å². The summed E-state index contributed by atoms with van der Waals surface area (Å²) in [6, 6.07) is 6.11. The minimum absolute atomic E-state index is 0.705. The maximum Gasteiger partial charge on any atom is 0.120 e. The molecule has 0 saturated carbocycles. The van der Waals surface area contributed by atoms with Crippen LogP contribution in [0.1, 0.15) is 31.2 Å². The summed E-state index contributed by atoms with van der Waals surface area (Å²) in [6.07, 6.45) is 4.54. The van der Waals surface area contributed by atoms with Crippen LogP contribution in [0.15, 0.2) is 18.2 Å². The van der Waals surface area contributed by atoms with Crippen molar-refractivity contribution >= 4 is 21.6 Å². The predicted octanol–water partition coefficient (Wildman–Crippen LogP) is 3.37. The standard InChI is InChI=1S/C14H20N2OS/c1-2-17-11-7-8-12-13(10-11)18-14(16-12)6-4-3-5-9-15/h7-8,10H,2-6,9,15H2,1H3. The number of thiazole rings is 1. The van der Waals surface area contributed by atoms with Gasteiger partial charge in [0.05, 0.1) is 21.8 Å². The Kier molecular flexibility index (Phi) is 4.96. The average Bonchev–Trinajstić information content (AvgIpc) is 2.77. The third-order valence-corrected chi connectivity index (χ3v) is 3.89. The van der Waals surface area contributed by atoms with E-state index >= 15 is 0 Å². The summed E-state index contributed by atoms with van der Waals surface area (Å²) in [7, 11) is 0. The van der Waals surface area contributed by atoms with Gasteiger partial charge in [-0.15, -0.1) is 11.3 Å². The summed E-state index contributed by atoms with van der Waals surface area (Å²) in [6.45, 7) is 3.49. The first-order valence-corrected chi connectivity index (χ1v) is 7.37. The fourth-order valence-electron chi connectivity index (χ4n) is 1.91. The number of rotatable bonds is 7.